The SMILES string of the molecule is CNC1CCN(c2cc(Br)ccc2F)C(C)C1. The summed E-state index contributed by atoms with van der Waals surface area (Å²) in [5, 5.41) is 3.30. The highest BCUT2D eigenvalue weighted by Crippen LogP contribution is 2.29. The molecule has 2 rings (SSSR count). The van der Waals surface area contributed by atoms with Gasteiger partial charge in [0.1, 0.15) is 5.82 Å². The number of piperidine rings is 1. The van der Waals surface area contributed by atoms with Crippen molar-refractivity contribution >= 4 is 21.6 Å². The lowest BCUT2D eigenvalue weighted by Gasteiger charge is -2.39. The maximum Gasteiger partial charge on any atom is 0.146 e. The summed E-state index contributed by atoms with van der Waals surface area (Å²) in [5.74, 6) is -0.136. The Bertz CT molecular complexity index is 397. The average molecular weight is 301 g/mol. The number of rotatable bonds is 2. The molecule has 0 aliphatic carbocycles. The quantitative estimate of drug-likeness (QED) is 0.902. The normalized spacial score (nSPS) is 25.1. The summed E-state index contributed by atoms with van der Waals surface area (Å²) in [7, 11) is 1.99. The van der Waals surface area contributed by atoms with Crippen LogP contribution in [0.5, 0.6) is 0 Å². The molecule has 0 saturated carbocycles. The minimum absolute atomic E-state index is 0.136. The van der Waals surface area contributed by atoms with Gasteiger partial charge in [0, 0.05) is 23.1 Å². The smallest absolute Gasteiger partial charge is 0.146 e. The van der Waals surface area contributed by atoms with Crippen LogP contribution in [0.2, 0.25) is 0 Å². The Morgan fingerprint density at radius 3 is 2.88 bits per heavy atom. The number of halogens is 2. The zero-order chi connectivity index (χ0) is 12.4. The molecule has 94 valence electrons. The van der Waals surface area contributed by atoms with Crippen LogP contribution in [-0.2, 0) is 0 Å². The van der Waals surface area contributed by atoms with E-state index in [4.69, 9.17) is 0 Å². The first-order chi connectivity index (χ1) is 8.11. The van der Waals surface area contributed by atoms with Gasteiger partial charge in [-0.3, -0.25) is 0 Å². The monoisotopic (exact) mass is 300 g/mol. The molecule has 2 unspecified atom stereocenters. The van der Waals surface area contributed by atoms with Crippen molar-refractivity contribution < 1.29 is 4.39 Å². The number of hydrogen-bond donors (Lipinski definition) is 1. The molecule has 4 heteroatoms. The Labute approximate surface area is 110 Å². The average Bonchev–Trinajstić information content (AvgIpc) is 2.32. The predicted molar refractivity (Wildman–Crippen MR) is 73.0 cm³/mol. The Balaban J connectivity index is 2.20. The molecular formula is C13H18BrFN2. The van der Waals surface area contributed by atoms with E-state index in [0.29, 0.717) is 17.8 Å². The van der Waals surface area contributed by atoms with E-state index in [2.05, 4.69) is 33.1 Å². The van der Waals surface area contributed by atoms with E-state index in [1.165, 1.54) is 6.07 Å². The molecule has 1 heterocycles. The highest BCUT2D eigenvalue weighted by molar-refractivity contribution is 9.10. The fourth-order valence-corrected chi connectivity index (χ4v) is 2.85. The molecule has 1 N–H and O–H groups in total. The molecule has 2 atom stereocenters. The van der Waals surface area contributed by atoms with Crippen molar-refractivity contribution in [1.29, 1.82) is 0 Å². The zero-order valence-corrected chi connectivity index (χ0v) is 11.8. The number of nitrogens with zero attached hydrogens (tertiary/aromatic N) is 1. The van der Waals surface area contributed by atoms with E-state index in [1.54, 1.807) is 6.07 Å². The van der Waals surface area contributed by atoms with Gasteiger partial charge < -0.3 is 10.2 Å². The van der Waals surface area contributed by atoms with Crippen molar-refractivity contribution in [2.24, 2.45) is 0 Å². The third-order valence-corrected chi connectivity index (χ3v) is 4.00. The third kappa shape index (κ3) is 2.80. The molecule has 1 aliphatic heterocycles. The number of nitrogens with one attached hydrogen (secondary N) is 1. The standard InChI is InChI=1S/C13H18BrFN2/c1-9-7-11(16-2)5-6-17(9)13-8-10(14)3-4-12(13)15/h3-4,8-9,11,16H,5-7H2,1-2H3. The summed E-state index contributed by atoms with van der Waals surface area (Å²) in [6.45, 7) is 3.06. The minimum Gasteiger partial charge on any atom is -0.366 e. The van der Waals surface area contributed by atoms with Crippen LogP contribution in [0.25, 0.3) is 0 Å². The molecule has 0 spiro atoms. The molecule has 1 fully saturated rings. The maximum absolute atomic E-state index is 13.8. The molecule has 1 saturated heterocycles. The summed E-state index contributed by atoms with van der Waals surface area (Å²) < 4.78 is 14.8. The van der Waals surface area contributed by atoms with Crippen molar-refractivity contribution in [3.05, 3.63) is 28.5 Å². The second-order valence-electron chi connectivity index (χ2n) is 4.65. The number of benzene rings is 1. The Hall–Kier alpha value is -0.610. The van der Waals surface area contributed by atoms with E-state index >= 15 is 0 Å². The van der Waals surface area contributed by atoms with Gasteiger partial charge in [0.05, 0.1) is 5.69 Å². The first-order valence-electron chi connectivity index (χ1n) is 6.00. The van der Waals surface area contributed by atoms with Crippen LogP contribution in [0.3, 0.4) is 0 Å². The Kier molecular flexibility index (Phi) is 4.05. The van der Waals surface area contributed by atoms with Crippen LogP contribution in [0.15, 0.2) is 22.7 Å². The van der Waals surface area contributed by atoms with E-state index in [9.17, 15) is 4.39 Å². The van der Waals surface area contributed by atoms with Gasteiger partial charge in [-0.15, -0.1) is 0 Å². The lowest BCUT2D eigenvalue weighted by atomic mass is 9.97. The lowest BCUT2D eigenvalue weighted by Crippen LogP contribution is -2.47. The molecular weight excluding hydrogens is 283 g/mol. The summed E-state index contributed by atoms with van der Waals surface area (Å²) in [6, 6.07) is 6.05. The van der Waals surface area contributed by atoms with Gasteiger partial charge in [-0.1, -0.05) is 15.9 Å². The van der Waals surface area contributed by atoms with Gasteiger partial charge in [-0.25, -0.2) is 4.39 Å². The largest absolute Gasteiger partial charge is 0.366 e. The van der Waals surface area contributed by atoms with Crippen LogP contribution in [0, 0.1) is 5.82 Å². The van der Waals surface area contributed by atoms with Gasteiger partial charge in [0.15, 0.2) is 0 Å². The van der Waals surface area contributed by atoms with Crippen LogP contribution in [0.1, 0.15) is 19.8 Å². The Morgan fingerprint density at radius 1 is 1.47 bits per heavy atom. The van der Waals surface area contributed by atoms with Gasteiger partial charge in [0.2, 0.25) is 0 Å². The van der Waals surface area contributed by atoms with Crippen molar-refractivity contribution in [2.45, 2.75) is 31.8 Å². The molecule has 2 nitrogen and oxygen atoms in total. The van der Waals surface area contributed by atoms with E-state index in [0.717, 1.165) is 23.9 Å². The summed E-state index contributed by atoms with van der Waals surface area (Å²) >= 11 is 3.40. The number of anilines is 1. The van der Waals surface area contributed by atoms with E-state index in [-0.39, 0.29) is 5.82 Å². The van der Waals surface area contributed by atoms with Gasteiger partial charge in [-0.2, -0.15) is 0 Å². The first-order valence-corrected chi connectivity index (χ1v) is 6.80. The molecule has 0 amide bonds. The topological polar surface area (TPSA) is 15.3 Å². The summed E-state index contributed by atoms with van der Waals surface area (Å²) in [6.07, 6.45) is 2.12. The second-order valence-corrected chi connectivity index (χ2v) is 5.56. The molecule has 1 aromatic rings. The van der Waals surface area contributed by atoms with Gasteiger partial charge in [0.25, 0.3) is 0 Å². The van der Waals surface area contributed by atoms with Crippen molar-refractivity contribution in [2.75, 3.05) is 18.5 Å². The molecule has 0 radical (unpaired) electrons. The fourth-order valence-electron chi connectivity index (χ4n) is 2.50. The van der Waals surface area contributed by atoms with Crippen LogP contribution in [0.4, 0.5) is 10.1 Å². The van der Waals surface area contributed by atoms with Crippen LogP contribution in [-0.4, -0.2) is 25.7 Å². The minimum atomic E-state index is -0.136. The van der Waals surface area contributed by atoms with E-state index in [1.807, 2.05) is 13.1 Å². The second kappa shape index (κ2) is 5.36. The summed E-state index contributed by atoms with van der Waals surface area (Å²) in [5.41, 5.74) is 0.710. The molecule has 1 aliphatic rings. The third-order valence-electron chi connectivity index (χ3n) is 3.50. The predicted octanol–water partition coefficient (Wildman–Crippen LogP) is 3.16. The maximum atomic E-state index is 13.8. The molecule has 0 bridgehead atoms. The van der Waals surface area contributed by atoms with Crippen LogP contribution >= 0.6 is 15.9 Å². The molecule has 17 heavy (non-hydrogen) atoms. The highest BCUT2D eigenvalue weighted by Gasteiger charge is 2.26. The lowest BCUT2D eigenvalue weighted by molar-refractivity contribution is 0.384. The van der Waals surface area contributed by atoms with Crippen molar-refractivity contribution in [1.82, 2.24) is 5.32 Å². The van der Waals surface area contributed by atoms with Crippen molar-refractivity contribution in [3.8, 4) is 0 Å². The molecule has 0 aromatic heterocycles. The van der Waals surface area contributed by atoms with E-state index < -0.39 is 0 Å². The summed E-state index contributed by atoms with van der Waals surface area (Å²) in [4.78, 5) is 2.16. The van der Waals surface area contributed by atoms with Gasteiger partial charge >= 0.3 is 0 Å². The van der Waals surface area contributed by atoms with Gasteiger partial charge in [-0.05, 0) is 45.0 Å². The van der Waals surface area contributed by atoms with Crippen molar-refractivity contribution in [3.63, 3.8) is 0 Å². The van der Waals surface area contributed by atoms with Crippen LogP contribution < -0.4 is 10.2 Å². The molecule has 1 aromatic carbocycles. The zero-order valence-electron chi connectivity index (χ0n) is 10.2. The Morgan fingerprint density at radius 2 is 2.24 bits per heavy atom. The number of hydrogen-bond acceptors (Lipinski definition) is 2. The fraction of sp³-hybridized carbons (Fsp3) is 0.538. The highest BCUT2D eigenvalue weighted by atomic mass is 79.9. The first kappa shape index (κ1) is 12.8.